The molecule has 3 N–H and O–H groups in total. The van der Waals surface area contributed by atoms with Crippen LogP contribution in [0, 0.1) is 0 Å². The molecule has 29 heavy (non-hydrogen) atoms. The van der Waals surface area contributed by atoms with E-state index in [4.69, 9.17) is 4.74 Å². The zero-order valence-electron chi connectivity index (χ0n) is 16.2. The van der Waals surface area contributed by atoms with Gasteiger partial charge >= 0.3 is 0 Å². The fourth-order valence-corrected chi connectivity index (χ4v) is 2.98. The van der Waals surface area contributed by atoms with Crippen LogP contribution in [0.1, 0.15) is 23.0 Å². The summed E-state index contributed by atoms with van der Waals surface area (Å²) < 4.78 is 5.89. The third-order valence-corrected chi connectivity index (χ3v) is 4.48. The molecular formula is C22H21N5O2. The number of rotatable bonds is 6. The minimum absolute atomic E-state index is 0.263. The van der Waals surface area contributed by atoms with Crippen LogP contribution in [-0.2, 0) is 6.42 Å². The van der Waals surface area contributed by atoms with Crippen LogP contribution < -0.4 is 15.4 Å². The Morgan fingerprint density at radius 1 is 1.10 bits per heavy atom. The molecule has 7 heteroatoms. The molecule has 146 valence electrons. The number of benzene rings is 2. The molecule has 2 heterocycles. The molecule has 2 aromatic carbocycles. The van der Waals surface area contributed by atoms with Crippen LogP contribution in [-0.4, -0.2) is 27.9 Å². The Bertz CT molecular complexity index is 1170. The summed E-state index contributed by atoms with van der Waals surface area (Å²) in [5, 5.41) is 5.85. The van der Waals surface area contributed by atoms with Gasteiger partial charge in [0.2, 0.25) is 5.95 Å². The van der Waals surface area contributed by atoms with E-state index in [0.717, 1.165) is 23.1 Å². The van der Waals surface area contributed by atoms with E-state index in [2.05, 4.69) is 44.6 Å². The van der Waals surface area contributed by atoms with E-state index < -0.39 is 0 Å². The highest BCUT2D eigenvalue weighted by atomic mass is 16.5. The smallest absolute Gasteiger partial charge is 0.269 e. The molecule has 0 aliphatic carbocycles. The first-order valence-electron chi connectivity index (χ1n) is 9.36. The summed E-state index contributed by atoms with van der Waals surface area (Å²) in [6.07, 6.45) is 2.52. The van der Waals surface area contributed by atoms with Crippen LogP contribution in [0.4, 0.5) is 11.6 Å². The molecule has 1 amide bonds. The molecule has 4 rings (SSSR count). The Morgan fingerprint density at radius 3 is 2.79 bits per heavy atom. The second kappa shape index (κ2) is 8.02. The van der Waals surface area contributed by atoms with Crippen molar-refractivity contribution in [3.63, 3.8) is 0 Å². The number of ether oxygens (including phenoxy) is 1. The minimum Gasteiger partial charge on any atom is -0.457 e. The summed E-state index contributed by atoms with van der Waals surface area (Å²) in [6, 6.07) is 17.1. The summed E-state index contributed by atoms with van der Waals surface area (Å²) in [5.74, 6) is 1.55. The summed E-state index contributed by atoms with van der Waals surface area (Å²) >= 11 is 0. The van der Waals surface area contributed by atoms with Crippen LogP contribution >= 0.6 is 0 Å². The number of nitrogens with one attached hydrogen (secondary N) is 3. The lowest BCUT2D eigenvalue weighted by atomic mass is 10.1. The number of hydrogen-bond acceptors (Lipinski definition) is 5. The number of pyridine rings is 1. The number of anilines is 2. The summed E-state index contributed by atoms with van der Waals surface area (Å²) in [4.78, 5) is 23.6. The monoisotopic (exact) mass is 387 g/mol. The maximum Gasteiger partial charge on any atom is 0.269 e. The van der Waals surface area contributed by atoms with Gasteiger partial charge in [-0.25, -0.2) is 4.98 Å². The van der Waals surface area contributed by atoms with E-state index in [1.807, 2.05) is 30.3 Å². The largest absolute Gasteiger partial charge is 0.457 e. The van der Waals surface area contributed by atoms with Gasteiger partial charge < -0.3 is 20.4 Å². The third kappa shape index (κ3) is 4.19. The van der Waals surface area contributed by atoms with Crippen molar-refractivity contribution < 1.29 is 9.53 Å². The quantitative estimate of drug-likeness (QED) is 0.456. The second-order valence-electron chi connectivity index (χ2n) is 6.50. The fraction of sp³-hybridized carbons (Fsp3) is 0.136. The lowest BCUT2D eigenvalue weighted by Gasteiger charge is -2.06. The number of aromatic amines is 1. The molecule has 0 spiro atoms. The number of imidazole rings is 1. The molecule has 0 atom stereocenters. The van der Waals surface area contributed by atoms with Gasteiger partial charge in [0.25, 0.3) is 5.91 Å². The highest BCUT2D eigenvalue weighted by Crippen LogP contribution is 2.26. The highest BCUT2D eigenvalue weighted by Gasteiger charge is 2.09. The number of amides is 1. The van der Waals surface area contributed by atoms with E-state index in [1.165, 1.54) is 5.56 Å². The van der Waals surface area contributed by atoms with Gasteiger partial charge in [0.1, 0.15) is 17.2 Å². The van der Waals surface area contributed by atoms with Gasteiger partial charge in [-0.2, -0.15) is 0 Å². The zero-order chi connectivity index (χ0) is 20.2. The number of carbonyl (C=O) groups is 1. The Kier molecular flexibility index (Phi) is 5.11. The van der Waals surface area contributed by atoms with E-state index in [1.54, 1.807) is 25.4 Å². The van der Waals surface area contributed by atoms with Gasteiger partial charge in [-0.05, 0) is 42.3 Å². The van der Waals surface area contributed by atoms with Gasteiger partial charge in [0, 0.05) is 31.1 Å². The van der Waals surface area contributed by atoms with Crippen LogP contribution in [0.5, 0.6) is 11.5 Å². The molecule has 0 unspecified atom stereocenters. The normalized spacial score (nSPS) is 10.7. The topological polar surface area (TPSA) is 91.9 Å². The number of aryl methyl sites for hydroxylation is 1. The molecule has 0 saturated carbocycles. The average molecular weight is 387 g/mol. The minimum atomic E-state index is -0.263. The first-order valence-corrected chi connectivity index (χ1v) is 9.36. The molecule has 0 bridgehead atoms. The van der Waals surface area contributed by atoms with Crippen molar-refractivity contribution in [1.29, 1.82) is 0 Å². The van der Waals surface area contributed by atoms with Crippen molar-refractivity contribution in [2.75, 3.05) is 12.4 Å². The number of fused-ring (bicyclic) bond motifs is 1. The Hall–Kier alpha value is -3.87. The van der Waals surface area contributed by atoms with Gasteiger partial charge in [0.15, 0.2) is 0 Å². The Labute approximate surface area is 168 Å². The molecule has 0 saturated heterocycles. The van der Waals surface area contributed by atoms with Crippen molar-refractivity contribution in [3.8, 4) is 11.5 Å². The molecule has 4 aromatic rings. The Morgan fingerprint density at radius 2 is 1.97 bits per heavy atom. The van der Waals surface area contributed by atoms with Crippen molar-refractivity contribution in [3.05, 3.63) is 72.1 Å². The lowest BCUT2D eigenvalue weighted by Crippen LogP contribution is -2.18. The van der Waals surface area contributed by atoms with Gasteiger partial charge in [0.05, 0.1) is 11.0 Å². The van der Waals surface area contributed by atoms with Crippen LogP contribution in [0.2, 0.25) is 0 Å². The molecule has 0 aliphatic rings. The van der Waals surface area contributed by atoms with E-state index in [-0.39, 0.29) is 5.91 Å². The van der Waals surface area contributed by atoms with E-state index >= 15 is 0 Å². The van der Waals surface area contributed by atoms with Crippen molar-refractivity contribution in [2.24, 2.45) is 0 Å². The summed E-state index contributed by atoms with van der Waals surface area (Å²) in [7, 11) is 1.56. The zero-order valence-corrected chi connectivity index (χ0v) is 16.2. The maximum atomic E-state index is 11.7. The van der Waals surface area contributed by atoms with Crippen molar-refractivity contribution >= 4 is 28.6 Å². The standard InChI is InChI=1S/C22H21N5O2/c1-3-14-5-4-6-15(11-14)25-22-26-18-8-7-16(12-19(18)27-22)29-17-9-10-24-20(13-17)21(28)23-2/h4-13H,3H2,1-2H3,(H,23,28)(H2,25,26,27). The van der Waals surface area contributed by atoms with Crippen molar-refractivity contribution in [1.82, 2.24) is 20.3 Å². The van der Waals surface area contributed by atoms with Gasteiger partial charge in [-0.3, -0.25) is 9.78 Å². The van der Waals surface area contributed by atoms with Crippen LogP contribution in [0.15, 0.2) is 60.8 Å². The predicted molar refractivity (Wildman–Crippen MR) is 113 cm³/mol. The molecule has 7 nitrogen and oxygen atoms in total. The fourth-order valence-electron chi connectivity index (χ4n) is 2.98. The number of aromatic nitrogens is 3. The van der Waals surface area contributed by atoms with Gasteiger partial charge in [-0.1, -0.05) is 19.1 Å². The second-order valence-corrected chi connectivity index (χ2v) is 6.50. The average Bonchev–Trinajstić information content (AvgIpc) is 3.15. The number of H-pyrrole nitrogens is 1. The first-order chi connectivity index (χ1) is 14.1. The van der Waals surface area contributed by atoms with E-state index in [0.29, 0.717) is 23.1 Å². The van der Waals surface area contributed by atoms with Crippen LogP contribution in [0.25, 0.3) is 11.0 Å². The van der Waals surface area contributed by atoms with Crippen LogP contribution in [0.3, 0.4) is 0 Å². The third-order valence-electron chi connectivity index (χ3n) is 4.48. The van der Waals surface area contributed by atoms with Gasteiger partial charge in [-0.15, -0.1) is 0 Å². The number of carbonyl (C=O) groups excluding carboxylic acids is 1. The number of hydrogen-bond donors (Lipinski definition) is 3. The molecule has 0 aliphatic heterocycles. The Balaban J connectivity index is 1.54. The number of nitrogens with zero attached hydrogens (tertiary/aromatic N) is 2. The molecule has 0 radical (unpaired) electrons. The maximum absolute atomic E-state index is 11.7. The van der Waals surface area contributed by atoms with E-state index in [9.17, 15) is 4.79 Å². The first kappa shape index (κ1) is 18.5. The summed E-state index contributed by atoms with van der Waals surface area (Å²) in [5.41, 5.74) is 4.21. The SMILES string of the molecule is CCc1cccc(Nc2nc3cc(Oc4ccnc(C(=O)NC)c4)ccc3[nH]2)c1. The molecular weight excluding hydrogens is 366 g/mol. The lowest BCUT2D eigenvalue weighted by molar-refractivity contribution is 0.0958. The van der Waals surface area contributed by atoms with Crippen molar-refractivity contribution in [2.45, 2.75) is 13.3 Å². The molecule has 0 fully saturated rings. The predicted octanol–water partition coefficient (Wildman–Crippen LogP) is 4.42. The highest BCUT2D eigenvalue weighted by molar-refractivity contribution is 5.92. The summed E-state index contributed by atoms with van der Waals surface area (Å²) in [6.45, 7) is 2.13. The molecule has 2 aromatic heterocycles.